The van der Waals surface area contributed by atoms with Gasteiger partial charge in [-0.15, -0.1) is 0 Å². The fourth-order valence-electron chi connectivity index (χ4n) is 5.76. The first-order valence-electron chi connectivity index (χ1n) is 15.0. The number of pyridine rings is 3. The van der Waals surface area contributed by atoms with Crippen LogP contribution in [0.4, 0.5) is 0 Å². The predicted molar refractivity (Wildman–Crippen MR) is 179 cm³/mol. The van der Waals surface area contributed by atoms with E-state index >= 15 is 0 Å². The number of imidazole rings is 1. The summed E-state index contributed by atoms with van der Waals surface area (Å²) in [6.07, 6.45) is 3.86. The Bertz CT molecular complexity index is 2120. The Morgan fingerprint density at radius 2 is 1.34 bits per heavy atom. The monoisotopic (exact) mass is 643 g/mol. The van der Waals surface area contributed by atoms with Crippen molar-refractivity contribution in [3.05, 3.63) is 114 Å². The van der Waals surface area contributed by atoms with E-state index in [1.165, 1.54) is 36.2 Å². The van der Waals surface area contributed by atoms with E-state index in [2.05, 4.69) is 80.8 Å². The Hall–Kier alpha value is -4.58. The van der Waals surface area contributed by atoms with Gasteiger partial charge in [0.25, 0.3) is 0 Å². The Morgan fingerprint density at radius 3 is 2.07 bits per heavy atom. The molecule has 0 fully saturated rings. The van der Waals surface area contributed by atoms with Crippen LogP contribution in [0.1, 0.15) is 56.4 Å². The molecule has 0 bridgehead atoms. The summed E-state index contributed by atoms with van der Waals surface area (Å²) in [5.74, 6) is 2.47. The quantitative estimate of drug-likeness (QED) is 0.162. The average molecular weight is 643 g/mol. The van der Waals surface area contributed by atoms with Gasteiger partial charge in [0.05, 0.1) is 0 Å². The third kappa shape index (κ3) is 5.12. The third-order valence-corrected chi connectivity index (χ3v) is 10.3. The van der Waals surface area contributed by atoms with Gasteiger partial charge in [-0.3, -0.25) is 0 Å². The maximum atomic E-state index is 6.28. The molecule has 5 aromatic heterocycles. The molecule has 0 atom stereocenters. The number of ether oxygens (including phenoxy) is 1. The molecule has 0 saturated carbocycles. The number of para-hydroxylation sites is 1. The Morgan fingerprint density at radius 1 is 0.682 bits per heavy atom. The summed E-state index contributed by atoms with van der Waals surface area (Å²) in [6, 6.07) is 29.0. The second kappa shape index (κ2) is 11.5. The van der Waals surface area contributed by atoms with Crippen LogP contribution < -0.4 is 4.74 Å². The number of nitrogens with zero attached hydrogens (tertiary/aromatic N) is 5. The average Bonchev–Trinajstić information content (AvgIpc) is 3.65. The molecule has 0 radical (unpaired) electrons. The Kier molecular flexibility index (Phi) is 7.37. The summed E-state index contributed by atoms with van der Waals surface area (Å²) in [7, 11) is 0. The molecule has 0 amide bonds. The van der Waals surface area contributed by atoms with Crippen molar-refractivity contribution in [2.75, 3.05) is 0 Å². The van der Waals surface area contributed by atoms with Crippen LogP contribution in [0.5, 0.6) is 11.8 Å². The molecule has 6 nitrogen and oxygen atoms in total. The van der Waals surface area contributed by atoms with Crippen molar-refractivity contribution in [2.24, 2.45) is 0 Å². The number of rotatable bonds is 7. The number of fused-ring (bicyclic) bond motifs is 3. The van der Waals surface area contributed by atoms with E-state index in [0.717, 1.165) is 28.5 Å². The van der Waals surface area contributed by atoms with Crippen LogP contribution in [-0.2, 0) is 0 Å². The molecule has 0 N–H and O–H groups in total. The van der Waals surface area contributed by atoms with Crippen LogP contribution in [-0.4, -0.2) is 39.0 Å². The zero-order valence-electron chi connectivity index (χ0n) is 25.4. The van der Waals surface area contributed by atoms with Gasteiger partial charge in [-0.25, -0.2) is 0 Å². The second-order valence-corrected chi connectivity index (χ2v) is 13.7. The number of benzene rings is 2. The van der Waals surface area contributed by atoms with E-state index in [9.17, 15) is 0 Å². The number of aromatic nitrogens is 5. The van der Waals surface area contributed by atoms with Crippen molar-refractivity contribution < 1.29 is 4.74 Å². The number of hydrogen-bond donors (Lipinski definition) is 0. The van der Waals surface area contributed by atoms with Crippen LogP contribution in [0.25, 0.3) is 47.9 Å². The zero-order chi connectivity index (χ0) is 30.4. The summed E-state index contributed by atoms with van der Waals surface area (Å²) in [6.45, 7) is 11.0. The molecule has 44 heavy (non-hydrogen) atoms. The molecular formula is C37H33N5OSe. The summed E-state index contributed by atoms with van der Waals surface area (Å²) < 4.78 is 10.9. The molecule has 7 heteroatoms. The van der Waals surface area contributed by atoms with Gasteiger partial charge >= 0.3 is 195 Å². The first kappa shape index (κ1) is 28.2. The molecule has 7 aromatic rings. The zero-order valence-corrected chi connectivity index (χ0v) is 27.2. The van der Waals surface area contributed by atoms with Crippen LogP contribution in [0.2, 0.25) is 0 Å². The molecule has 0 aliphatic rings. The molecule has 5 heterocycles. The van der Waals surface area contributed by atoms with Gasteiger partial charge < -0.3 is 0 Å². The van der Waals surface area contributed by atoms with Crippen molar-refractivity contribution in [2.45, 2.75) is 46.5 Å². The Labute approximate surface area is 263 Å². The van der Waals surface area contributed by atoms with E-state index in [-0.39, 0.29) is 14.5 Å². The minimum atomic E-state index is 0.118. The molecule has 0 unspecified atom stereocenters. The normalized spacial score (nSPS) is 11.7. The second-order valence-electron chi connectivity index (χ2n) is 11.6. The van der Waals surface area contributed by atoms with E-state index in [1.807, 2.05) is 55.7 Å². The molecule has 218 valence electrons. The number of hydrogen-bond acceptors (Lipinski definition) is 5. The van der Waals surface area contributed by atoms with Gasteiger partial charge in [0.1, 0.15) is 0 Å². The number of aryl methyl sites for hydroxylation is 1. The van der Waals surface area contributed by atoms with Crippen molar-refractivity contribution >= 4 is 33.9 Å². The van der Waals surface area contributed by atoms with Gasteiger partial charge in [-0.1, -0.05) is 45.9 Å². The molecule has 0 saturated heterocycles. The first-order chi connectivity index (χ1) is 21.4. The van der Waals surface area contributed by atoms with Crippen molar-refractivity contribution in [1.82, 2.24) is 24.5 Å². The van der Waals surface area contributed by atoms with Crippen molar-refractivity contribution in [3.8, 4) is 40.2 Å². The first-order valence-corrected chi connectivity index (χ1v) is 16.7. The fraction of sp³-hybridized carbons (Fsp3) is 0.189. The van der Waals surface area contributed by atoms with Crippen molar-refractivity contribution in [1.29, 1.82) is 0 Å². The summed E-state index contributed by atoms with van der Waals surface area (Å²) in [4.78, 5) is 19.4. The fourth-order valence-corrected chi connectivity index (χ4v) is 8.37. The van der Waals surface area contributed by atoms with E-state index < -0.39 is 0 Å². The summed E-state index contributed by atoms with van der Waals surface area (Å²) in [5, 5.41) is 2.48. The van der Waals surface area contributed by atoms with Gasteiger partial charge in [0, 0.05) is 0 Å². The van der Waals surface area contributed by atoms with Crippen molar-refractivity contribution in [3.63, 3.8) is 0 Å². The molecule has 0 aliphatic heterocycles. The van der Waals surface area contributed by atoms with Crippen LogP contribution in [0.3, 0.4) is 0 Å². The molecule has 0 spiro atoms. The molecule has 2 aromatic carbocycles. The summed E-state index contributed by atoms with van der Waals surface area (Å²) >= 11 is 0.118. The molecule has 7 rings (SSSR count). The minimum absolute atomic E-state index is 0.118. The van der Waals surface area contributed by atoms with Gasteiger partial charge in [-0.05, 0) is 23.0 Å². The topological polar surface area (TPSA) is 65.7 Å². The predicted octanol–water partition coefficient (Wildman–Crippen LogP) is 9.10. The van der Waals surface area contributed by atoms with Gasteiger partial charge in [0.2, 0.25) is 0 Å². The van der Waals surface area contributed by atoms with Crippen LogP contribution in [0, 0.1) is 6.92 Å². The van der Waals surface area contributed by atoms with Gasteiger partial charge in [-0.2, -0.15) is 0 Å². The van der Waals surface area contributed by atoms with E-state index in [4.69, 9.17) is 24.7 Å². The standard InChI is InChI=1S/C37H33N5OSe/c1-22(2)25-10-6-11-26(23(3)4)34(25)42-21-20-38-36(42)31-15-9-17-33(41-31)43-32-16-8-14-30(40-32)29-13-7-12-27-28-19-18-24(5)39-37(28)44-35(27)29/h6-23H,1-5H3. The molecular weight excluding hydrogens is 609 g/mol. The van der Waals surface area contributed by atoms with Crippen LogP contribution >= 0.6 is 0 Å². The summed E-state index contributed by atoms with van der Waals surface area (Å²) in [5.41, 5.74) is 7.53. The maximum absolute atomic E-state index is 6.28. The van der Waals surface area contributed by atoms with Gasteiger partial charge in [0.15, 0.2) is 0 Å². The van der Waals surface area contributed by atoms with E-state index in [1.54, 1.807) is 0 Å². The van der Waals surface area contributed by atoms with Crippen LogP contribution in [0.15, 0.2) is 97.3 Å². The Balaban J connectivity index is 1.24. The van der Waals surface area contributed by atoms with E-state index in [0.29, 0.717) is 23.6 Å². The third-order valence-electron chi connectivity index (χ3n) is 7.89. The molecule has 0 aliphatic carbocycles. The SMILES string of the molecule is Cc1ccc2c(n1)[se]c1c(-c3cccc(Oc4cccc(-c5nccn5-c5c(C(C)C)cccc5C(C)C)n4)n3)cccc12.